The molecule has 4 aromatic rings. The molecule has 1 aliphatic carbocycles. The van der Waals surface area contributed by atoms with Crippen molar-refractivity contribution in [2.24, 2.45) is 0 Å². The molecule has 0 radical (unpaired) electrons. The number of carbonyl (C=O) groups is 1. The SMILES string of the molecule is Nc1ccc2c(n1)CCC2CC(=O)c1cn(Cc2ccc(Cn3cc4c(n3)CCOC4)cc2)nn1. The smallest absolute Gasteiger partial charge is 0.185 e. The first-order valence-electron chi connectivity index (χ1n) is 12.0. The molecule has 0 bridgehead atoms. The number of nitrogens with two attached hydrogens (primary N) is 1. The molecule has 2 N–H and O–H groups in total. The van der Waals surface area contributed by atoms with Gasteiger partial charge in [0.2, 0.25) is 0 Å². The first-order chi connectivity index (χ1) is 17.1. The molecule has 0 amide bonds. The summed E-state index contributed by atoms with van der Waals surface area (Å²) in [5.41, 5.74) is 12.9. The average molecular weight is 470 g/mol. The maximum Gasteiger partial charge on any atom is 0.185 e. The first kappa shape index (κ1) is 21.7. The predicted molar refractivity (Wildman–Crippen MR) is 129 cm³/mol. The minimum atomic E-state index is 0.00796. The van der Waals surface area contributed by atoms with Crippen LogP contribution in [0.25, 0.3) is 0 Å². The van der Waals surface area contributed by atoms with E-state index in [0.29, 0.717) is 31.1 Å². The molecule has 1 unspecified atom stereocenters. The van der Waals surface area contributed by atoms with E-state index in [9.17, 15) is 4.79 Å². The summed E-state index contributed by atoms with van der Waals surface area (Å²) in [6.45, 7) is 2.68. The van der Waals surface area contributed by atoms with Gasteiger partial charge in [0.25, 0.3) is 0 Å². The van der Waals surface area contributed by atoms with E-state index in [2.05, 4.69) is 50.9 Å². The van der Waals surface area contributed by atoms with Crippen LogP contribution in [0.2, 0.25) is 0 Å². The summed E-state index contributed by atoms with van der Waals surface area (Å²) in [7, 11) is 0. The number of fused-ring (bicyclic) bond motifs is 2. The third kappa shape index (κ3) is 4.59. The van der Waals surface area contributed by atoms with Crippen molar-refractivity contribution in [3.63, 3.8) is 0 Å². The Labute approximate surface area is 202 Å². The number of nitrogen functional groups attached to an aromatic ring is 1. The van der Waals surface area contributed by atoms with Crippen LogP contribution >= 0.6 is 0 Å². The number of nitrogens with zero attached hydrogens (tertiary/aromatic N) is 6. The Hall–Kier alpha value is -3.85. The lowest BCUT2D eigenvalue weighted by atomic mass is 9.95. The highest BCUT2D eigenvalue weighted by Crippen LogP contribution is 2.35. The fourth-order valence-electron chi connectivity index (χ4n) is 5.00. The summed E-state index contributed by atoms with van der Waals surface area (Å²) >= 11 is 0. The summed E-state index contributed by atoms with van der Waals surface area (Å²) in [6, 6.07) is 12.2. The van der Waals surface area contributed by atoms with Crippen molar-refractivity contribution in [1.82, 2.24) is 29.8 Å². The Morgan fingerprint density at radius 2 is 1.80 bits per heavy atom. The average Bonchev–Trinajstić information content (AvgIpc) is 3.58. The second kappa shape index (κ2) is 9.07. The third-order valence-corrected chi connectivity index (χ3v) is 6.83. The van der Waals surface area contributed by atoms with E-state index in [1.807, 2.05) is 10.7 Å². The van der Waals surface area contributed by atoms with Gasteiger partial charge in [0.1, 0.15) is 11.5 Å². The minimum Gasteiger partial charge on any atom is -0.384 e. The highest BCUT2D eigenvalue weighted by molar-refractivity contribution is 5.94. The summed E-state index contributed by atoms with van der Waals surface area (Å²) in [6.07, 6.45) is 6.88. The van der Waals surface area contributed by atoms with Gasteiger partial charge in [-0.1, -0.05) is 35.5 Å². The van der Waals surface area contributed by atoms with E-state index in [0.717, 1.165) is 54.9 Å². The van der Waals surface area contributed by atoms with Gasteiger partial charge in [0.05, 0.1) is 38.2 Å². The first-order valence-corrected chi connectivity index (χ1v) is 12.0. The van der Waals surface area contributed by atoms with Crippen molar-refractivity contribution in [2.45, 2.75) is 51.3 Å². The number of hydrogen-bond donors (Lipinski definition) is 1. The Kier molecular flexibility index (Phi) is 5.61. The molecule has 0 saturated heterocycles. The fraction of sp³-hybridized carbons (Fsp3) is 0.346. The normalized spacial score (nSPS) is 16.7. The maximum absolute atomic E-state index is 12.9. The number of benzene rings is 1. The van der Waals surface area contributed by atoms with Crippen molar-refractivity contribution in [1.29, 1.82) is 0 Å². The molecule has 1 atom stereocenters. The summed E-state index contributed by atoms with van der Waals surface area (Å²) in [4.78, 5) is 17.3. The summed E-state index contributed by atoms with van der Waals surface area (Å²) in [5.74, 6) is 0.701. The van der Waals surface area contributed by atoms with E-state index in [4.69, 9.17) is 10.5 Å². The van der Waals surface area contributed by atoms with Gasteiger partial charge < -0.3 is 10.5 Å². The predicted octanol–water partition coefficient (Wildman–Crippen LogP) is 2.92. The largest absolute Gasteiger partial charge is 0.384 e. The van der Waals surface area contributed by atoms with Crippen LogP contribution in [0, 0.1) is 0 Å². The molecule has 0 fully saturated rings. The molecule has 1 aromatic carbocycles. The van der Waals surface area contributed by atoms with Gasteiger partial charge >= 0.3 is 0 Å². The van der Waals surface area contributed by atoms with Crippen molar-refractivity contribution >= 4 is 11.6 Å². The van der Waals surface area contributed by atoms with Crippen molar-refractivity contribution < 1.29 is 9.53 Å². The van der Waals surface area contributed by atoms with Crippen LogP contribution in [0.5, 0.6) is 0 Å². The highest BCUT2D eigenvalue weighted by atomic mass is 16.5. The van der Waals surface area contributed by atoms with Crippen LogP contribution < -0.4 is 5.73 Å². The van der Waals surface area contributed by atoms with Crippen LogP contribution in [0.4, 0.5) is 5.82 Å². The highest BCUT2D eigenvalue weighted by Gasteiger charge is 2.27. The second-order valence-corrected chi connectivity index (χ2v) is 9.35. The molecule has 9 heteroatoms. The number of aromatic nitrogens is 6. The van der Waals surface area contributed by atoms with E-state index >= 15 is 0 Å². The lowest BCUT2D eigenvalue weighted by Crippen LogP contribution is -2.08. The summed E-state index contributed by atoms with van der Waals surface area (Å²) in [5, 5.41) is 13.0. The Bertz CT molecular complexity index is 1350. The number of ketones is 1. The zero-order valence-corrected chi connectivity index (χ0v) is 19.4. The van der Waals surface area contributed by atoms with Gasteiger partial charge in [-0.15, -0.1) is 5.10 Å². The molecule has 4 heterocycles. The molecular formula is C26H27N7O2. The number of aryl methyl sites for hydroxylation is 1. The van der Waals surface area contributed by atoms with Gasteiger partial charge in [-0.25, -0.2) is 9.67 Å². The number of pyridine rings is 1. The zero-order chi connectivity index (χ0) is 23.8. The van der Waals surface area contributed by atoms with Crippen LogP contribution in [-0.2, 0) is 37.3 Å². The number of anilines is 1. The molecule has 35 heavy (non-hydrogen) atoms. The van der Waals surface area contributed by atoms with E-state index in [-0.39, 0.29) is 11.7 Å². The zero-order valence-electron chi connectivity index (χ0n) is 19.4. The molecule has 0 spiro atoms. The van der Waals surface area contributed by atoms with Crippen LogP contribution in [0.1, 0.15) is 62.9 Å². The monoisotopic (exact) mass is 469 g/mol. The lowest BCUT2D eigenvalue weighted by molar-refractivity contribution is 0.0968. The number of ether oxygens (including phenoxy) is 1. The summed E-state index contributed by atoms with van der Waals surface area (Å²) < 4.78 is 9.21. The molecule has 3 aromatic heterocycles. The third-order valence-electron chi connectivity index (χ3n) is 6.83. The molecular weight excluding hydrogens is 442 g/mol. The van der Waals surface area contributed by atoms with Crippen LogP contribution in [0.3, 0.4) is 0 Å². The van der Waals surface area contributed by atoms with Crippen molar-refractivity contribution in [3.8, 4) is 0 Å². The Morgan fingerprint density at radius 3 is 2.60 bits per heavy atom. The second-order valence-electron chi connectivity index (χ2n) is 9.35. The number of rotatable bonds is 7. The maximum atomic E-state index is 12.9. The van der Waals surface area contributed by atoms with E-state index in [1.54, 1.807) is 16.9 Å². The molecule has 1 aliphatic heterocycles. The van der Waals surface area contributed by atoms with Crippen molar-refractivity contribution in [2.75, 3.05) is 12.3 Å². The van der Waals surface area contributed by atoms with Gasteiger partial charge in [-0.3, -0.25) is 9.48 Å². The molecule has 178 valence electrons. The lowest BCUT2D eigenvalue weighted by Gasteiger charge is -2.09. The van der Waals surface area contributed by atoms with Gasteiger partial charge in [0, 0.05) is 30.3 Å². The van der Waals surface area contributed by atoms with Crippen LogP contribution in [-0.4, -0.2) is 42.1 Å². The number of carbonyl (C=O) groups excluding carboxylic acids is 1. The van der Waals surface area contributed by atoms with Crippen molar-refractivity contribution in [3.05, 3.63) is 88.1 Å². The fourth-order valence-corrected chi connectivity index (χ4v) is 5.00. The Balaban J connectivity index is 1.07. The quantitative estimate of drug-likeness (QED) is 0.414. The number of Topliss-reactive ketones (excluding diaryl/α,β-unsaturated/α-hetero) is 1. The topological polar surface area (TPSA) is 114 Å². The minimum absolute atomic E-state index is 0.00796. The molecule has 2 aliphatic rings. The molecule has 6 rings (SSSR count). The van der Waals surface area contributed by atoms with Crippen LogP contribution in [0.15, 0.2) is 48.8 Å². The standard InChI is InChI=1S/C26H27N7O2/c27-26-8-6-21-19(5-7-23(21)28-26)11-25(34)24-15-33(31-29-24)13-18-3-1-17(2-4-18)12-32-14-20-16-35-10-9-22(20)30-32/h1-4,6,8,14-15,19H,5,7,9-13,16H2,(H2,27,28). The number of hydrogen-bond acceptors (Lipinski definition) is 7. The van der Waals surface area contributed by atoms with Gasteiger partial charge in [-0.05, 0) is 41.5 Å². The van der Waals surface area contributed by atoms with E-state index in [1.165, 1.54) is 11.1 Å². The van der Waals surface area contributed by atoms with E-state index < -0.39 is 0 Å². The van der Waals surface area contributed by atoms with Gasteiger partial charge in [-0.2, -0.15) is 5.10 Å². The van der Waals surface area contributed by atoms with Gasteiger partial charge in [0.15, 0.2) is 5.78 Å². The molecule has 0 saturated carbocycles. The Morgan fingerprint density at radius 1 is 1.00 bits per heavy atom. The molecule has 9 nitrogen and oxygen atoms in total.